The zero-order chi connectivity index (χ0) is 42.7. The largest absolute Gasteiger partial charge is 0.349 e. The maximum Gasteiger partial charge on any atom is 0.166 e. The molecule has 1 aromatic rings. The molecule has 4 saturated heterocycles. The van der Waals surface area contributed by atoms with Crippen LogP contribution in [-0.2, 0) is 44.3 Å². The predicted octanol–water partition coefficient (Wildman–Crippen LogP) is 12.9. The fourth-order valence-corrected chi connectivity index (χ4v) is 11.9. The van der Waals surface area contributed by atoms with E-state index in [1.807, 2.05) is 19.9 Å². The van der Waals surface area contributed by atoms with Crippen molar-refractivity contribution in [3.63, 3.8) is 0 Å². The van der Waals surface area contributed by atoms with Gasteiger partial charge in [-0.25, -0.2) is 0 Å². The number of rotatable bonds is 6. The molecule has 1 aromatic carbocycles. The second-order valence-electron chi connectivity index (χ2n) is 20.4. The standard InChI is InChI=1S/C16H22O2.C14H26O2.2C11H20O2/c1-12-14-9-5-6-10-15(14)18-16(17-12)11-13-7-3-2-4-8-13;1-4-5-10-14(3)15-11(2)12-8-6-7-9-13(12)16-14;1-8-9-6-4-5-7-10(9)13-11(2,3)12-8;1-3-11-12-8(2)9-6-4-5-7-10(9)13-11/h2-4,7-8,12,14-16H,5-6,9-11H2,1H3;11-13H,4-10H2,1-3H3;8-10H,4-7H2,1-3H3;8-11H,3-7H2,1-2H3. The maximum atomic E-state index is 6.23. The molecule has 0 aromatic heterocycles. The van der Waals surface area contributed by atoms with Crippen LogP contribution in [0.5, 0.6) is 0 Å². The van der Waals surface area contributed by atoms with Crippen LogP contribution in [0.15, 0.2) is 30.3 Å². The summed E-state index contributed by atoms with van der Waals surface area (Å²) in [5.74, 6) is 1.89. The number of ether oxygens (including phenoxy) is 8. The summed E-state index contributed by atoms with van der Waals surface area (Å²) < 4.78 is 47.9. The minimum atomic E-state index is -0.363. The van der Waals surface area contributed by atoms with Crippen LogP contribution in [0, 0.1) is 23.7 Å². The van der Waals surface area contributed by atoms with Crippen LogP contribution in [-0.4, -0.2) is 73.0 Å². The van der Waals surface area contributed by atoms with Gasteiger partial charge in [0.25, 0.3) is 0 Å². The van der Waals surface area contributed by atoms with Crippen molar-refractivity contribution in [1.29, 1.82) is 0 Å². The Hall–Kier alpha value is -1.10. The first kappa shape index (κ1) is 48.4. The van der Waals surface area contributed by atoms with E-state index >= 15 is 0 Å². The van der Waals surface area contributed by atoms with Gasteiger partial charge in [0, 0.05) is 36.5 Å². The predicted molar refractivity (Wildman–Crippen MR) is 240 cm³/mol. The van der Waals surface area contributed by atoms with E-state index < -0.39 is 0 Å². The van der Waals surface area contributed by atoms with Crippen molar-refractivity contribution in [2.24, 2.45) is 23.7 Å². The fraction of sp³-hybridized carbons (Fsp3) is 0.885. The summed E-state index contributed by atoms with van der Waals surface area (Å²) in [6.07, 6.45) is 29.4. The van der Waals surface area contributed by atoms with Gasteiger partial charge in [-0.05, 0) is 118 Å². The zero-order valence-corrected chi connectivity index (χ0v) is 39.6. The fourth-order valence-electron chi connectivity index (χ4n) is 11.9. The van der Waals surface area contributed by atoms with Crippen LogP contribution < -0.4 is 0 Å². The Morgan fingerprint density at radius 3 is 1.47 bits per heavy atom. The SMILES string of the molecule is CC1OC(C)(C)OC2CCCCC12.CC1OC(Cc2ccccc2)OC2CCCCC12.CCC1OC(C)C2CCCCC2O1.CCCCC1(C)OC(C)C2CCCCC2O1. The Labute approximate surface area is 366 Å². The Bertz CT molecular complexity index is 1360. The number of hydrogen-bond acceptors (Lipinski definition) is 8. The third-order valence-electron chi connectivity index (χ3n) is 15.1. The van der Waals surface area contributed by atoms with Gasteiger partial charge in [0.2, 0.25) is 0 Å². The molecule has 60 heavy (non-hydrogen) atoms. The summed E-state index contributed by atoms with van der Waals surface area (Å²) in [5, 5.41) is 0. The topological polar surface area (TPSA) is 73.8 Å². The third-order valence-corrected chi connectivity index (χ3v) is 15.1. The van der Waals surface area contributed by atoms with Gasteiger partial charge in [-0.1, -0.05) is 102 Å². The Morgan fingerprint density at radius 2 is 0.933 bits per heavy atom. The molecule has 8 aliphatic rings. The van der Waals surface area contributed by atoms with E-state index in [1.54, 1.807) is 0 Å². The molecule has 8 heteroatoms. The molecule has 8 nitrogen and oxygen atoms in total. The van der Waals surface area contributed by atoms with Crippen LogP contribution in [0.4, 0.5) is 0 Å². The summed E-state index contributed by atoms with van der Waals surface area (Å²) in [7, 11) is 0. The minimum Gasteiger partial charge on any atom is -0.349 e. The highest BCUT2D eigenvalue weighted by Crippen LogP contribution is 2.42. The molecule has 15 atom stereocenters. The molecule has 8 fully saturated rings. The van der Waals surface area contributed by atoms with Gasteiger partial charge in [0.05, 0.1) is 48.8 Å². The van der Waals surface area contributed by atoms with Crippen LogP contribution in [0.2, 0.25) is 0 Å². The second-order valence-corrected chi connectivity index (χ2v) is 20.4. The van der Waals surface area contributed by atoms with Gasteiger partial charge in [0.1, 0.15) is 0 Å². The van der Waals surface area contributed by atoms with Gasteiger partial charge >= 0.3 is 0 Å². The Balaban J connectivity index is 0.000000135. The monoisotopic (exact) mass is 841 g/mol. The lowest BCUT2D eigenvalue weighted by molar-refractivity contribution is -0.334. The van der Waals surface area contributed by atoms with Gasteiger partial charge in [-0.3, -0.25) is 0 Å². The van der Waals surface area contributed by atoms with E-state index in [0.29, 0.717) is 72.5 Å². The molecule has 0 spiro atoms. The number of unbranched alkanes of at least 4 members (excludes halogenated alkanes) is 1. The lowest BCUT2D eigenvalue weighted by Crippen LogP contribution is -2.52. The molecule has 4 aliphatic heterocycles. The number of hydrogen-bond donors (Lipinski definition) is 0. The molecule has 344 valence electrons. The maximum absolute atomic E-state index is 6.23. The van der Waals surface area contributed by atoms with Gasteiger partial charge in [-0.2, -0.15) is 0 Å². The van der Waals surface area contributed by atoms with E-state index in [1.165, 1.54) is 121 Å². The van der Waals surface area contributed by atoms with Crippen molar-refractivity contribution in [3.8, 4) is 0 Å². The quantitative estimate of drug-likeness (QED) is 0.280. The lowest BCUT2D eigenvalue weighted by Gasteiger charge is -2.48. The Morgan fingerprint density at radius 1 is 0.483 bits per heavy atom. The first-order valence-corrected chi connectivity index (χ1v) is 25.2. The van der Waals surface area contributed by atoms with E-state index in [-0.39, 0.29) is 24.2 Å². The molecule has 0 bridgehead atoms. The highest BCUT2D eigenvalue weighted by molar-refractivity contribution is 5.15. The first-order valence-electron chi connectivity index (χ1n) is 25.2. The smallest absolute Gasteiger partial charge is 0.166 e. The van der Waals surface area contributed by atoms with Gasteiger partial charge in [-0.15, -0.1) is 0 Å². The van der Waals surface area contributed by atoms with Gasteiger partial charge in [0.15, 0.2) is 24.2 Å². The van der Waals surface area contributed by atoms with E-state index in [0.717, 1.165) is 19.3 Å². The zero-order valence-electron chi connectivity index (χ0n) is 39.6. The molecule has 4 heterocycles. The molecular formula is C52H88O8. The van der Waals surface area contributed by atoms with Gasteiger partial charge < -0.3 is 37.9 Å². The molecule has 4 aliphatic carbocycles. The molecule has 0 radical (unpaired) electrons. The normalized spacial score (nSPS) is 42.0. The molecule has 4 saturated carbocycles. The molecular weight excluding hydrogens is 753 g/mol. The third kappa shape index (κ3) is 13.7. The van der Waals surface area contributed by atoms with Crippen LogP contribution in [0.25, 0.3) is 0 Å². The van der Waals surface area contributed by atoms with Crippen LogP contribution >= 0.6 is 0 Å². The van der Waals surface area contributed by atoms with E-state index in [2.05, 4.69) is 72.7 Å². The summed E-state index contributed by atoms with van der Waals surface area (Å²) in [6, 6.07) is 10.5. The second kappa shape index (κ2) is 23.2. The summed E-state index contributed by atoms with van der Waals surface area (Å²) >= 11 is 0. The van der Waals surface area contributed by atoms with Crippen LogP contribution in [0.1, 0.15) is 196 Å². The summed E-state index contributed by atoms with van der Waals surface area (Å²) in [6.45, 7) is 19.4. The van der Waals surface area contributed by atoms with Crippen molar-refractivity contribution in [1.82, 2.24) is 0 Å². The molecule has 9 rings (SSSR count). The van der Waals surface area contributed by atoms with Crippen molar-refractivity contribution >= 4 is 0 Å². The molecule has 0 N–H and O–H groups in total. The average molecular weight is 841 g/mol. The van der Waals surface area contributed by atoms with Crippen molar-refractivity contribution in [2.45, 2.75) is 270 Å². The van der Waals surface area contributed by atoms with E-state index in [4.69, 9.17) is 37.9 Å². The molecule has 0 amide bonds. The highest BCUT2D eigenvalue weighted by atomic mass is 16.7. The van der Waals surface area contributed by atoms with Crippen molar-refractivity contribution in [2.75, 3.05) is 0 Å². The first-order chi connectivity index (χ1) is 28.9. The summed E-state index contributed by atoms with van der Waals surface area (Å²) in [5.41, 5.74) is 1.30. The number of benzene rings is 1. The Kier molecular flexibility index (Phi) is 18.7. The average Bonchev–Trinajstić information content (AvgIpc) is 3.24. The summed E-state index contributed by atoms with van der Waals surface area (Å²) in [4.78, 5) is 0. The van der Waals surface area contributed by atoms with E-state index in [9.17, 15) is 0 Å². The minimum absolute atomic E-state index is 0.0539. The van der Waals surface area contributed by atoms with Crippen LogP contribution in [0.3, 0.4) is 0 Å². The number of fused-ring (bicyclic) bond motifs is 4. The highest BCUT2D eigenvalue weighted by Gasteiger charge is 2.45. The molecule has 15 unspecified atom stereocenters. The van der Waals surface area contributed by atoms with Crippen molar-refractivity contribution in [3.05, 3.63) is 35.9 Å². The lowest BCUT2D eigenvalue weighted by atomic mass is 9.81. The van der Waals surface area contributed by atoms with Crippen molar-refractivity contribution < 1.29 is 37.9 Å².